The van der Waals surface area contributed by atoms with Crippen molar-refractivity contribution in [2.24, 2.45) is 0 Å². The van der Waals surface area contributed by atoms with Crippen LogP contribution >= 0.6 is 0 Å². The van der Waals surface area contributed by atoms with Gasteiger partial charge in [0, 0.05) is 17.0 Å². The van der Waals surface area contributed by atoms with E-state index in [1.54, 1.807) is 6.07 Å². The highest BCUT2D eigenvalue weighted by Crippen LogP contribution is 2.36. The number of aromatic nitrogens is 2. The van der Waals surface area contributed by atoms with Crippen LogP contribution in [0.4, 0.5) is 5.69 Å². The Balaban J connectivity index is 1.89. The van der Waals surface area contributed by atoms with Gasteiger partial charge in [-0.15, -0.1) is 0 Å². The number of benzene rings is 2. The quantitative estimate of drug-likeness (QED) is 0.316. The number of nitro groups is 1. The molecule has 0 atom stereocenters. The van der Waals surface area contributed by atoms with Crippen LogP contribution in [0.15, 0.2) is 53.2 Å². The number of ether oxygens (including phenoxy) is 1. The smallest absolute Gasteiger partial charge is 0.311 e. The van der Waals surface area contributed by atoms with Crippen molar-refractivity contribution >= 4 is 34.0 Å². The third kappa shape index (κ3) is 2.45. The van der Waals surface area contributed by atoms with E-state index in [4.69, 9.17) is 9.15 Å². The fourth-order valence-corrected chi connectivity index (χ4v) is 2.52. The fourth-order valence-electron chi connectivity index (χ4n) is 2.52. The van der Waals surface area contributed by atoms with E-state index < -0.39 is 4.92 Å². The monoisotopic (exact) mass is 335 g/mol. The number of para-hydroxylation sites is 1. The van der Waals surface area contributed by atoms with Crippen LogP contribution in [0.5, 0.6) is 11.6 Å². The molecule has 8 heteroatoms. The summed E-state index contributed by atoms with van der Waals surface area (Å²) in [5.41, 5.74) is 1.37. The number of nitrogens with zero attached hydrogens (tertiary/aromatic N) is 3. The number of carbonyl (C=O) groups is 1. The zero-order valence-electron chi connectivity index (χ0n) is 12.6. The highest BCUT2D eigenvalue weighted by molar-refractivity contribution is 6.03. The molecule has 4 aromatic rings. The summed E-state index contributed by atoms with van der Waals surface area (Å²) in [6.45, 7) is 0. The Morgan fingerprint density at radius 3 is 2.80 bits per heavy atom. The first-order valence-electron chi connectivity index (χ1n) is 7.21. The van der Waals surface area contributed by atoms with Gasteiger partial charge in [0.2, 0.25) is 11.3 Å². The van der Waals surface area contributed by atoms with Crippen molar-refractivity contribution in [2.75, 3.05) is 0 Å². The predicted octanol–water partition coefficient (Wildman–Crippen LogP) is 3.89. The molecule has 0 saturated heterocycles. The van der Waals surface area contributed by atoms with Gasteiger partial charge >= 0.3 is 5.69 Å². The first-order valence-corrected chi connectivity index (χ1v) is 7.21. The summed E-state index contributed by atoms with van der Waals surface area (Å²) >= 11 is 0. The maximum Gasteiger partial charge on any atom is 0.311 e. The fraction of sp³-hybridized carbons (Fsp3) is 0. The molecule has 25 heavy (non-hydrogen) atoms. The second-order valence-corrected chi connectivity index (χ2v) is 5.16. The Morgan fingerprint density at radius 2 is 2.00 bits per heavy atom. The predicted molar refractivity (Wildman–Crippen MR) is 87.9 cm³/mol. The molecule has 0 amide bonds. The van der Waals surface area contributed by atoms with Crippen LogP contribution in [-0.4, -0.2) is 21.2 Å². The lowest BCUT2D eigenvalue weighted by Crippen LogP contribution is -1.96. The van der Waals surface area contributed by atoms with Gasteiger partial charge in [0.25, 0.3) is 5.88 Å². The molecule has 0 aliphatic carbocycles. The van der Waals surface area contributed by atoms with Crippen molar-refractivity contribution in [1.82, 2.24) is 9.97 Å². The van der Waals surface area contributed by atoms with Crippen molar-refractivity contribution in [2.45, 2.75) is 0 Å². The number of hydrogen-bond donors (Lipinski definition) is 0. The normalized spacial score (nSPS) is 10.9. The molecule has 2 heterocycles. The van der Waals surface area contributed by atoms with Crippen molar-refractivity contribution in [3.8, 4) is 11.6 Å². The highest BCUT2D eigenvalue weighted by Gasteiger charge is 2.20. The summed E-state index contributed by atoms with van der Waals surface area (Å²) in [5.74, 6) is -0.0672. The first-order chi connectivity index (χ1) is 12.2. The number of rotatable bonds is 4. The van der Waals surface area contributed by atoms with Crippen LogP contribution in [0.3, 0.4) is 0 Å². The van der Waals surface area contributed by atoms with Gasteiger partial charge in [-0.3, -0.25) is 14.9 Å². The molecule has 8 nitrogen and oxygen atoms in total. The number of carbonyl (C=O) groups excluding carboxylic acids is 1. The van der Waals surface area contributed by atoms with Crippen molar-refractivity contribution in [3.63, 3.8) is 0 Å². The molecule has 0 saturated carbocycles. The van der Waals surface area contributed by atoms with E-state index >= 15 is 0 Å². The van der Waals surface area contributed by atoms with Crippen molar-refractivity contribution in [1.29, 1.82) is 0 Å². The average molecular weight is 335 g/mol. The minimum Gasteiger partial charge on any atom is -0.449 e. The minimum absolute atomic E-state index is 0.0346. The van der Waals surface area contributed by atoms with E-state index in [1.807, 2.05) is 18.2 Å². The molecule has 0 N–H and O–H groups in total. The third-order valence-corrected chi connectivity index (χ3v) is 3.65. The van der Waals surface area contributed by atoms with Crippen LogP contribution in [0.25, 0.3) is 22.1 Å². The van der Waals surface area contributed by atoms with Crippen LogP contribution in [0.1, 0.15) is 10.4 Å². The van der Waals surface area contributed by atoms with Gasteiger partial charge in [-0.05, 0) is 24.3 Å². The third-order valence-electron chi connectivity index (χ3n) is 3.65. The Bertz CT molecular complexity index is 1140. The maximum atomic E-state index is 11.2. The van der Waals surface area contributed by atoms with Crippen LogP contribution in [-0.2, 0) is 0 Å². The first kappa shape index (κ1) is 14.8. The van der Waals surface area contributed by atoms with Crippen LogP contribution in [0.2, 0.25) is 0 Å². The summed E-state index contributed by atoms with van der Waals surface area (Å²) in [5, 5.41) is 12.0. The second kappa shape index (κ2) is 5.68. The number of furan rings is 1. The number of nitro benzene ring substituents is 1. The van der Waals surface area contributed by atoms with Crippen molar-refractivity contribution in [3.05, 3.63) is 64.5 Å². The SMILES string of the molecule is O=Cc1ccc([N+](=O)[O-])c(Oc2ncnc3c2oc2ccccc23)c1. The standard InChI is InChI=1S/C17H9N3O5/c21-8-10-5-6-12(20(22)23)14(7-10)25-17-16-15(18-9-19-17)11-3-1-2-4-13(11)24-16/h1-9H. The number of aldehydes is 1. The molecule has 122 valence electrons. The summed E-state index contributed by atoms with van der Waals surface area (Å²) in [7, 11) is 0. The Labute approximate surface area is 139 Å². The van der Waals surface area contributed by atoms with Gasteiger partial charge in [0.05, 0.1) is 4.92 Å². The largest absolute Gasteiger partial charge is 0.449 e. The molecule has 2 aromatic heterocycles. The highest BCUT2D eigenvalue weighted by atomic mass is 16.6. The molecule has 0 radical (unpaired) electrons. The number of hydrogen-bond acceptors (Lipinski definition) is 7. The van der Waals surface area contributed by atoms with Gasteiger partial charge < -0.3 is 9.15 Å². The molecular weight excluding hydrogens is 326 g/mol. The maximum absolute atomic E-state index is 11.2. The Kier molecular flexibility index (Phi) is 3.35. The van der Waals surface area contributed by atoms with E-state index in [2.05, 4.69) is 9.97 Å². The van der Waals surface area contributed by atoms with Gasteiger partial charge in [0.15, 0.2) is 0 Å². The zero-order chi connectivity index (χ0) is 17.4. The average Bonchev–Trinajstić information content (AvgIpc) is 3.01. The molecule has 0 fully saturated rings. The molecule has 0 aliphatic rings. The lowest BCUT2D eigenvalue weighted by molar-refractivity contribution is -0.385. The summed E-state index contributed by atoms with van der Waals surface area (Å²) in [4.78, 5) is 29.8. The van der Waals surface area contributed by atoms with E-state index in [9.17, 15) is 14.9 Å². The molecule has 0 spiro atoms. The minimum atomic E-state index is -0.596. The van der Waals surface area contributed by atoms with E-state index in [0.717, 1.165) is 5.39 Å². The Hall–Kier alpha value is -3.81. The van der Waals surface area contributed by atoms with Gasteiger partial charge in [-0.25, -0.2) is 4.98 Å². The van der Waals surface area contributed by atoms with Gasteiger partial charge in [-0.1, -0.05) is 12.1 Å². The molecule has 4 rings (SSSR count). The summed E-state index contributed by atoms with van der Waals surface area (Å²) < 4.78 is 11.3. The zero-order valence-corrected chi connectivity index (χ0v) is 12.6. The topological polar surface area (TPSA) is 108 Å². The van der Waals surface area contributed by atoms with E-state index in [0.29, 0.717) is 17.4 Å². The van der Waals surface area contributed by atoms with Crippen molar-refractivity contribution < 1.29 is 18.9 Å². The molecule has 2 aromatic carbocycles. The summed E-state index contributed by atoms with van der Waals surface area (Å²) in [6, 6.07) is 11.1. The lowest BCUT2D eigenvalue weighted by Gasteiger charge is -2.06. The van der Waals surface area contributed by atoms with Crippen LogP contribution < -0.4 is 4.74 Å². The molecule has 0 aliphatic heterocycles. The van der Waals surface area contributed by atoms with Gasteiger partial charge in [0.1, 0.15) is 23.7 Å². The van der Waals surface area contributed by atoms with Gasteiger partial charge in [-0.2, -0.15) is 4.98 Å². The van der Waals surface area contributed by atoms with Crippen LogP contribution in [0, 0.1) is 10.1 Å². The number of fused-ring (bicyclic) bond motifs is 3. The molecule has 0 unspecified atom stereocenters. The molecular formula is C17H9N3O5. The molecule has 0 bridgehead atoms. The van der Waals surface area contributed by atoms with E-state index in [-0.39, 0.29) is 28.5 Å². The Morgan fingerprint density at radius 1 is 1.16 bits per heavy atom. The summed E-state index contributed by atoms with van der Waals surface area (Å²) in [6.07, 6.45) is 1.86. The second-order valence-electron chi connectivity index (χ2n) is 5.16. The van der Waals surface area contributed by atoms with E-state index in [1.165, 1.54) is 24.5 Å². The lowest BCUT2D eigenvalue weighted by atomic mass is 10.2.